The van der Waals surface area contributed by atoms with Crippen LogP contribution in [0.2, 0.25) is 6.55 Å². The number of oxime groups is 1. The topological polar surface area (TPSA) is 51.0 Å². The fourth-order valence-electron chi connectivity index (χ4n) is 0.977. The molecule has 0 aliphatic rings. The second-order valence-corrected chi connectivity index (χ2v) is 2.50. The Balaban J connectivity index is 0. The van der Waals surface area contributed by atoms with Gasteiger partial charge in [0.1, 0.15) is 0 Å². The van der Waals surface area contributed by atoms with Gasteiger partial charge in [0.25, 0.3) is 0 Å². The van der Waals surface area contributed by atoms with Crippen molar-refractivity contribution in [1.82, 2.24) is 0 Å². The fourth-order valence-corrected chi connectivity index (χ4v) is 0.977. The Labute approximate surface area is 89.7 Å². The van der Waals surface area contributed by atoms with Crippen LogP contribution in [0, 0.1) is 0 Å². The summed E-state index contributed by atoms with van der Waals surface area (Å²) in [7, 11) is 1.31. The number of hydrogen-bond donors (Lipinski definition) is 1. The first-order chi connectivity index (χ1) is 6.68. The molecule has 0 unspecified atom stereocenters. The molecule has 0 rings (SSSR count). The van der Waals surface area contributed by atoms with Gasteiger partial charge in [-0.05, 0) is 31.0 Å². The van der Waals surface area contributed by atoms with Gasteiger partial charge in [0.05, 0.1) is 0 Å². The molecular formula is C9H23NO3Si. The van der Waals surface area contributed by atoms with E-state index in [9.17, 15) is 0 Å². The van der Waals surface area contributed by atoms with E-state index < -0.39 is 5.79 Å². The lowest BCUT2D eigenvalue weighted by Gasteiger charge is -2.27. The third kappa shape index (κ3) is 8.22. The molecule has 14 heavy (non-hydrogen) atoms. The Kier molecular flexibility index (Phi) is 12.3. The number of hydrogen-bond acceptors (Lipinski definition) is 4. The van der Waals surface area contributed by atoms with Crippen LogP contribution in [-0.4, -0.2) is 40.7 Å². The average molecular weight is 221 g/mol. The predicted molar refractivity (Wildman–Crippen MR) is 62.4 cm³/mol. The van der Waals surface area contributed by atoms with E-state index in [1.165, 1.54) is 16.5 Å². The molecule has 4 nitrogen and oxygen atoms in total. The average Bonchev–Trinajstić information content (AvgIpc) is 2.19. The second kappa shape index (κ2) is 10.7. The summed E-state index contributed by atoms with van der Waals surface area (Å²) in [4.78, 5) is 0. The van der Waals surface area contributed by atoms with Crippen LogP contribution in [0.25, 0.3) is 0 Å². The molecule has 0 fully saturated rings. The van der Waals surface area contributed by atoms with Gasteiger partial charge >= 0.3 is 0 Å². The minimum atomic E-state index is -0.657. The number of rotatable bonds is 6. The molecule has 0 saturated heterocycles. The van der Waals surface area contributed by atoms with Crippen LogP contribution in [0.15, 0.2) is 5.16 Å². The highest BCUT2D eigenvalue weighted by molar-refractivity contribution is 6.05. The van der Waals surface area contributed by atoms with Gasteiger partial charge in [-0.3, -0.25) is 0 Å². The van der Waals surface area contributed by atoms with Crippen LogP contribution in [0.5, 0.6) is 0 Å². The Morgan fingerprint density at radius 3 is 2.00 bits per heavy atom. The summed E-state index contributed by atoms with van der Waals surface area (Å²) in [5, 5.41) is 11.1. The molecule has 0 aromatic carbocycles. The molecule has 0 heterocycles. The number of ether oxygens (including phenoxy) is 2. The third-order valence-corrected chi connectivity index (χ3v) is 1.44. The van der Waals surface area contributed by atoms with Crippen LogP contribution >= 0.6 is 0 Å². The summed E-state index contributed by atoms with van der Waals surface area (Å²) in [6.45, 7) is 8.91. The monoisotopic (exact) mass is 221 g/mol. The first kappa shape index (κ1) is 16.1. The van der Waals surface area contributed by atoms with E-state index in [0.29, 0.717) is 19.6 Å². The van der Waals surface area contributed by atoms with E-state index in [-0.39, 0.29) is 0 Å². The maximum absolute atomic E-state index is 8.22. The molecule has 5 heteroatoms. The fraction of sp³-hybridized carbons (Fsp3) is 0.889. The lowest BCUT2D eigenvalue weighted by Crippen LogP contribution is -2.32. The highest BCUT2D eigenvalue weighted by Crippen LogP contribution is 2.15. The van der Waals surface area contributed by atoms with Crippen molar-refractivity contribution < 1.29 is 14.7 Å². The van der Waals surface area contributed by atoms with E-state index >= 15 is 0 Å². The summed E-state index contributed by atoms with van der Waals surface area (Å²) in [6.07, 6.45) is 1.82. The minimum absolute atomic E-state index is 0.450. The van der Waals surface area contributed by atoms with Crippen LogP contribution in [0.4, 0.5) is 0 Å². The summed E-state index contributed by atoms with van der Waals surface area (Å²) in [5.41, 5.74) is 0. The van der Waals surface area contributed by atoms with Crippen molar-refractivity contribution in [2.45, 2.75) is 39.5 Å². The molecule has 0 aliphatic carbocycles. The van der Waals surface area contributed by atoms with Crippen LogP contribution in [-0.2, 0) is 9.47 Å². The molecule has 0 saturated carbocycles. The first-order valence-electron chi connectivity index (χ1n) is 5.12. The standard InChI is InChI=1S/C8H17NO3.CH6Si/c1-4-11-8(3,12-5-2)6-7-9-10;1-2/h7,10H,4-6H2,1-3H3;1-2H3. The van der Waals surface area contributed by atoms with Gasteiger partial charge in [-0.15, -0.1) is 5.16 Å². The van der Waals surface area contributed by atoms with Crippen molar-refractivity contribution in [3.05, 3.63) is 0 Å². The molecule has 0 amide bonds. The van der Waals surface area contributed by atoms with E-state index in [1.807, 2.05) is 20.8 Å². The third-order valence-electron chi connectivity index (χ3n) is 1.44. The zero-order chi connectivity index (χ0) is 11.4. The van der Waals surface area contributed by atoms with Crippen molar-refractivity contribution in [2.75, 3.05) is 13.2 Å². The summed E-state index contributed by atoms with van der Waals surface area (Å²) >= 11 is 0. The molecular weight excluding hydrogens is 198 g/mol. The lowest BCUT2D eigenvalue weighted by molar-refractivity contribution is -0.215. The first-order valence-corrected chi connectivity index (χ1v) is 7.12. The normalized spacial score (nSPS) is 11.4. The molecule has 86 valence electrons. The SMILES string of the molecule is CCOC(C)(CC=NO)OCC.C[SiH3]. The van der Waals surface area contributed by atoms with Gasteiger partial charge in [0.15, 0.2) is 5.79 Å². The van der Waals surface area contributed by atoms with Crippen LogP contribution < -0.4 is 0 Å². The molecule has 0 aromatic rings. The summed E-state index contributed by atoms with van der Waals surface area (Å²) in [6, 6.07) is 0. The lowest BCUT2D eigenvalue weighted by atomic mass is 10.2. The largest absolute Gasteiger partial charge is 0.411 e. The maximum atomic E-state index is 8.22. The minimum Gasteiger partial charge on any atom is -0.411 e. The van der Waals surface area contributed by atoms with Crippen molar-refractivity contribution in [2.24, 2.45) is 5.16 Å². The maximum Gasteiger partial charge on any atom is 0.170 e. The van der Waals surface area contributed by atoms with Crippen molar-refractivity contribution in [3.8, 4) is 0 Å². The van der Waals surface area contributed by atoms with E-state index in [1.54, 1.807) is 0 Å². The van der Waals surface area contributed by atoms with Gasteiger partial charge in [-0.25, -0.2) is 0 Å². The van der Waals surface area contributed by atoms with Crippen LogP contribution in [0.1, 0.15) is 27.2 Å². The highest BCUT2D eigenvalue weighted by atomic mass is 28.1. The van der Waals surface area contributed by atoms with Gasteiger partial charge in [0.2, 0.25) is 0 Å². The molecule has 0 aliphatic heterocycles. The van der Waals surface area contributed by atoms with Crippen molar-refractivity contribution in [3.63, 3.8) is 0 Å². The molecule has 0 aromatic heterocycles. The Morgan fingerprint density at radius 1 is 1.29 bits per heavy atom. The van der Waals surface area contributed by atoms with Crippen molar-refractivity contribution >= 4 is 16.5 Å². The van der Waals surface area contributed by atoms with Gasteiger partial charge in [-0.1, -0.05) is 6.55 Å². The zero-order valence-electron chi connectivity index (χ0n) is 9.91. The molecule has 0 bridgehead atoms. The van der Waals surface area contributed by atoms with E-state index in [2.05, 4.69) is 11.7 Å². The quantitative estimate of drug-likeness (QED) is 0.240. The molecule has 0 radical (unpaired) electrons. The van der Waals surface area contributed by atoms with Crippen LogP contribution in [0.3, 0.4) is 0 Å². The second-order valence-electron chi connectivity index (χ2n) is 2.50. The van der Waals surface area contributed by atoms with E-state index in [0.717, 1.165) is 0 Å². The molecule has 0 spiro atoms. The Bertz CT molecular complexity index is 136. The summed E-state index contributed by atoms with van der Waals surface area (Å²) < 4.78 is 10.7. The predicted octanol–water partition coefficient (Wildman–Crippen LogP) is 1.03. The molecule has 0 atom stereocenters. The highest BCUT2D eigenvalue weighted by Gasteiger charge is 2.23. The smallest absolute Gasteiger partial charge is 0.170 e. The summed E-state index contributed by atoms with van der Waals surface area (Å²) in [5.74, 6) is -0.657. The van der Waals surface area contributed by atoms with E-state index in [4.69, 9.17) is 14.7 Å². The Hall–Kier alpha value is -0.393. The molecule has 1 N–H and O–H groups in total. The zero-order valence-corrected chi connectivity index (χ0v) is 11.9. The van der Waals surface area contributed by atoms with Crippen molar-refractivity contribution in [1.29, 1.82) is 0 Å². The number of nitrogens with zero attached hydrogens (tertiary/aromatic N) is 1. The Morgan fingerprint density at radius 2 is 1.71 bits per heavy atom. The van der Waals surface area contributed by atoms with Gasteiger partial charge < -0.3 is 14.7 Å². The van der Waals surface area contributed by atoms with Gasteiger partial charge in [0, 0.05) is 25.8 Å². The van der Waals surface area contributed by atoms with Gasteiger partial charge in [-0.2, -0.15) is 0 Å².